The highest BCUT2D eigenvalue weighted by atomic mass is 16.4. The maximum atomic E-state index is 14.0. The average molecular weight is 616 g/mol. The number of fused-ring (bicyclic) bond motifs is 2. The van der Waals surface area contributed by atoms with E-state index in [2.05, 4.69) is 42.1 Å². The quantitative estimate of drug-likeness (QED) is 0.183. The number of benzene rings is 2. The Morgan fingerprint density at radius 2 is 1.70 bits per heavy atom. The Labute approximate surface area is 269 Å². The van der Waals surface area contributed by atoms with E-state index in [4.69, 9.17) is 9.97 Å². The Kier molecular flexibility index (Phi) is 7.34. The van der Waals surface area contributed by atoms with Gasteiger partial charge in [0.1, 0.15) is 5.82 Å². The molecule has 2 fully saturated rings. The Hall–Kier alpha value is -4.72. The molecule has 0 aliphatic heterocycles. The van der Waals surface area contributed by atoms with Crippen LogP contribution in [0.2, 0.25) is 0 Å². The zero-order valence-electron chi connectivity index (χ0n) is 27.3. The van der Waals surface area contributed by atoms with Gasteiger partial charge in [0, 0.05) is 53.1 Å². The summed E-state index contributed by atoms with van der Waals surface area (Å²) in [6, 6.07) is 16.2. The average Bonchev–Trinajstić information content (AvgIpc) is 3.72. The van der Waals surface area contributed by atoms with Crippen LogP contribution in [-0.2, 0) is 24.4 Å². The maximum absolute atomic E-state index is 14.0. The molecule has 0 radical (unpaired) electrons. The molecule has 236 valence electrons. The molecular weight excluding hydrogens is 574 g/mol. The highest BCUT2D eigenvalue weighted by Gasteiger charge is 2.44. The van der Waals surface area contributed by atoms with Crippen LogP contribution in [0.4, 0.5) is 0 Å². The summed E-state index contributed by atoms with van der Waals surface area (Å²) in [5, 5.41) is 13.9. The number of nitrogens with zero attached hydrogens (tertiary/aromatic N) is 4. The minimum absolute atomic E-state index is 0.104. The molecule has 8 heteroatoms. The van der Waals surface area contributed by atoms with Gasteiger partial charge in [0.25, 0.3) is 5.91 Å². The number of rotatable bonds is 7. The Morgan fingerprint density at radius 3 is 2.37 bits per heavy atom. The molecule has 7 rings (SSSR count). The SMILES string of the molecule is C/C(=C\c1ccc2nc(C3(NC(=O)c4ccc5c(C6CCCC6)c(-c6ccc(C)nc6C)n(C)c5c4)CCC3)n(C)c2c1)C(=O)O. The number of carboxylic acids is 1. The van der Waals surface area contributed by atoms with Crippen LogP contribution in [0.3, 0.4) is 0 Å². The lowest BCUT2D eigenvalue weighted by atomic mass is 9.75. The predicted octanol–water partition coefficient (Wildman–Crippen LogP) is 7.70. The molecule has 2 aliphatic carbocycles. The number of aliphatic carboxylic acids is 1. The minimum atomic E-state index is -0.941. The molecule has 8 nitrogen and oxygen atoms in total. The largest absolute Gasteiger partial charge is 0.478 e. The van der Waals surface area contributed by atoms with E-state index in [1.165, 1.54) is 42.3 Å². The van der Waals surface area contributed by atoms with Crippen LogP contribution in [0.15, 0.2) is 54.1 Å². The van der Waals surface area contributed by atoms with Gasteiger partial charge < -0.3 is 19.6 Å². The zero-order valence-corrected chi connectivity index (χ0v) is 27.3. The summed E-state index contributed by atoms with van der Waals surface area (Å²) in [7, 11) is 4.09. The summed E-state index contributed by atoms with van der Waals surface area (Å²) in [5.74, 6) is 0.279. The summed E-state index contributed by atoms with van der Waals surface area (Å²) in [4.78, 5) is 35.2. The molecular formula is C38H41N5O3. The first-order chi connectivity index (χ1) is 22.1. The van der Waals surface area contributed by atoms with E-state index in [1.807, 2.05) is 48.9 Å². The summed E-state index contributed by atoms with van der Waals surface area (Å²) in [6.45, 7) is 5.70. The van der Waals surface area contributed by atoms with Crippen molar-refractivity contribution < 1.29 is 14.7 Å². The van der Waals surface area contributed by atoms with E-state index in [0.29, 0.717) is 11.5 Å². The topological polar surface area (TPSA) is 102 Å². The van der Waals surface area contributed by atoms with Crippen molar-refractivity contribution in [3.63, 3.8) is 0 Å². The second-order valence-electron chi connectivity index (χ2n) is 13.4. The molecule has 2 aromatic carbocycles. The highest BCUT2D eigenvalue weighted by molar-refractivity contribution is 6.01. The summed E-state index contributed by atoms with van der Waals surface area (Å²) >= 11 is 0. The highest BCUT2D eigenvalue weighted by Crippen LogP contribution is 2.46. The van der Waals surface area contributed by atoms with Crippen molar-refractivity contribution in [3.05, 3.63) is 88.0 Å². The van der Waals surface area contributed by atoms with E-state index in [0.717, 1.165) is 64.2 Å². The van der Waals surface area contributed by atoms with Gasteiger partial charge >= 0.3 is 5.97 Å². The monoisotopic (exact) mass is 615 g/mol. The summed E-state index contributed by atoms with van der Waals surface area (Å²) < 4.78 is 4.31. The van der Waals surface area contributed by atoms with Crippen LogP contribution in [0.5, 0.6) is 0 Å². The number of amides is 1. The number of carboxylic acid groups (broad SMARTS) is 1. The van der Waals surface area contributed by atoms with Crippen molar-refractivity contribution in [2.75, 3.05) is 0 Å². The number of aromatic nitrogens is 4. The van der Waals surface area contributed by atoms with Gasteiger partial charge in [-0.2, -0.15) is 0 Å². The van der Waals surface area contributed by atoms with Gasteiger partial charge in [0.15, 0.2) is 0 Å². The third-order valence-electron chi connectivity index (χ3n) is 10.4. The van der Waals surface area contributed by atoms with Crippen LogP contribution in [0.25, 0.3) is 39.3 Å². The fourth-order valence-corrected chi connectivity index (χ4v) is 7.76. The number of carbonyl (C=O) groups excluding carboxylic acids is 1. The van der Waals surface area contributed by atoms with E-state index in [1.54, 1.807) is 13.0 Å². The molecule has 46 heavy (non-hydrogen) atoms. The lowest BCUT2D eigenvalue weighted by Gasteiger charge is -2.41. The van der Waals surface area contributed by atoms with Crippen LogP contribution in [0.1, 0.15) is 96.5 Å². The first-order valence-electron chi connectivity index (χ1n) is 16.3. The molecule has 0 unspecified atom stereocenters. The standard InChI is InChI=1S/C38H41N5O3/c1-22(36(45)46)19-25-12-16-30-32(20-25)43(5)37(40-30)38(17-8-18-38)41-35(44)27-13-15-29-31(21-27)42(4)34(33(29)26-9-6-7-10-26)28-14-11-23(2)39-24(28)3/h11-16,19-21,26H,6-10,17-18H2,1-5H3,(H,41,44)(H,45,46)/b22-19+. The van der Waals surface area contributed by atoms with Gasteiger partial charge in [-0.1, -0.05) is 25.0 Å². The first kappa shape index (κ1) is 30.0. The zero-order chi connectivity index (χ0) is 32.3. The second kappa shape index (κ2) is 11.3. The molecule has 0 bridgehead atoms. The lowest BCUT2D eigenvalue weighted by molar-refractivity contribution is -0.132. The van der Waals surface area contributed by atoms with Gasteiger partial charge in [0.2, 0.25) is 0 Å². The number of hydrogen-bond acceptors (Lipinski definition) is 4. The fraction of sp³-hybridized carbons (Fsp3) is 0.368. The van der Waals surface area contributed by atoms with E-state index >= 15 is 0 Å². The Morgan fingerprint density at radius 1 is 0.935 bits per heavy atom. The Bertz CT molecular complexity index is 2070. The molecule has 3 aromatic heterocycles. The van der Waals surface area contributed by atoms with Gasteiger partial charge in [-0.05, 0) is 112 Å². The molecule has 1 amide bonds. The molecule has 0 atom stereocenters. The van der Waals surface area contributed by atoms with Crippen molar-refractivity contribution in [1.29, 1.82) is 0 Å². The van der Waals surface area contributed by atoms with Crippen LogP contribution >= 0.6 is 0 Å². The normalized spacial score (nSPS) is 16.7. The van der Waals surface area contributed by atoms with Crippen LogP contribution in [0, 0.1) is 13.8 Å². The number of pyridine rings is 1. The smallest absolute Gasteiger partial charge is 0.331 e. The number of imidazole rings is 1. The lowest BCUT2D eigenvalue weighted by Crippen LogP contribution is -2.52. The molecule has 3 heterocycles. The molecule has 2 N–H and O–H groups in total. The predicted molar refractivity (Wildman–Crippen MR) is 182 cm³/mol. The van der Waals surface area contributed by atoms with Crippen molar-refractivity contribution >= 4 is 39.9 Å². The summed E-state index contributed by atoms with van der Waals surface area (Å²) in [6.07, 6.45) is 9.15. The molecule has 2 aliphatic rings. The molecule has 0 spiro atoms. The van der Waals surface area contributed by atoms with Gasteiger partial charge in [-0.25, -0.2) is 9.78 Å². The van der Waals surface area contributed by atoms with E-state index in [-0.39, 0.29) is 11.5 Å². The first-order valence-corrected chi connectivity index (χ1v) is 16.3. The number of hydrogen-bond donors (Lipinski definition) is 2. The van der Waals surface area contributed by atoms with Crippen LogP contribution < -0.4 is 5.32 Å². The van der Waals surface area contributed by atoms with Gasteiger partial charge in [-0.15, -0.1) is 0 Å². The van der Waals surface area contributed by atoms with Crippen molar-refractivity contribution in [3.8, 4) is 11.3 Å². The van der Waals surface area contributed by atoms with E-state index < -0.39 is 11.5 Å². The third kappa shape index (κ3) is 4.91. The fourth-order valence-electron chi connectivity index (χ4n) is 7.76. The molecule has 5 aromatic rings. The van der Waals surface area contributed by atoms with Crippen molar-refractivity contribution in [1.82, 2.24) is 24.4 Å². The second-order valence-corrected chi connectivity index (χ2v) is 13.4. The minimum Gasteiger partial charge on any atom is -0.478 e. The molecule has 2 saturated carbocycles. The maximum Gasteiger partial charge on any atom is 0.331 e. The summed E-state index contributed by atoms with van der Waals surface area (Å²) in [5.41, 5.74) is 9.73. The van der Waals surface area contributed by atoms with Crippen molar-refractivity contribution in [2.45, 2.75) is 77.2 Å². The van der Waals surface area contributed by atoms with Crippen LogP contribution in [-0.4, -0.2) is 36.1 Å². The Balaban J connectivity index is 1.25. The number of aryl methyl sites for hydroxylation is 4. The molecule has 0 saturated heterocycles. The van der Waals surface area contributed by atoms with Gasteiger partial charge in [0.05, 0.1) is 22.3 Å². The number of carbonyl (C=O) groups is 2. The van der Waals surface area contributed by atoms with Crippen molar-refractivity contribution in [2.24, 2.45) is 14.1 Å². The van der Waals surface area contributed by atoms with Gasteiger partial charge in [-0.3, -0.25) is 9.78 Å². The van der Waals surface area contributed by atoms with E-state index in [9.17, 15) is 14.7 Å². The number of nitrogens with one attached hydrogen (secondary N) is 1. The third-order valence-corrected chi connectivity index (χ3v) is 10.4.